The molecule has 0 fully saturated rings. The van der Waals surface area contributed by atoms with Gasteiger partial charge in [0.1, 0.15) is 5.82 Å². The molecule has 0 aromatic heterocycles. The summed E-state index contributed by atoms with van der Waals surface area (Å²) in [5, 5.41) is 6.74. The molecular weight excluding hydrogens is 361 g/mol. The molecule has 4 N–H and O–H groups in total. The number of anilines is 1. The Hall–Kier alpha value is -2.95. The second kappa shape index (κ2) is 8.19. The van der Waals surface area contributed by atoms with Crippen LogP contribution in [0, 0.1) is 5.82 Å². The van der Waals surface area contributed by atoms with Gasteiger partial charge in [-0.3, -0.25) is 0 Å². The van der Waals surface area contributed by atoms with Crippen LogP contribution in [0.15, 0.2) is 73.3 Å². The van der Waals surface area contributed by atoms with Crippen molar-refractivity contribution >= 4 is 11.8 Å². The Labute approximate surface area is 171 Å². The zero-order valence-corrected chi connectivity index (χ0v) is 16.5. The van der Waals surface area contributed by atoms with Gasteiger partial charge >= 0.3 is 0 Å². The molecule has 1 heterocycles. The summed E-state index contributed by atoms with van der Waals surface area (Å²) in [5.41, 5.74) is 12.7. The maximum Gasteiger partial charge on any atom is 0.125 e. The monoisotopic (exact) mass is 387 g/mol. The van der Waals surface area contributed by atoms with Gasteiger partial charge in [0.05, 0.1) is 6.04 Å². The summed E-state index contributed by atoms with van der Waals surface area (Å²) in [4.78, 5) is 0. The van der Waals surface area contributed by atoms with Crippen LogP contribution in [0.3, 0.4) is 0 Å². The topological polar surface area (TPSA) is 50.1 Å². The molecular formula is C25H26FN3. The van der Waals surface area contributed by atoms with E-state index in [0.717, 1.165) is 34.5 Å². The van der Waals surface area contributed by atoms with Gasteiger partial charge in [0.15, 0.2) is 0 Å². The summed E-state index contributed by atoms with van der Waals surface area (Å²) in [6, 6.07) is 21.5. The minimum atomic E-state index is -0.292. The number of nitrogens with two attached hydrogens (primary N) is 1. The first kappa shape index (κ1) is 19.4. The molecule has 0 saturated carbocycles. The molecule has 0 spiro atoms. The van der Waals surface area contributed by atoms with Crippen molar-refractivity contribution in [3.8, 4) is 0 Å². The number of benzene rings is 3. The molecule has 0 aliphatic carbocycles. The zero-order chi connectivity index (χ0) is 20.4. The molecule has 1 aliphatic rings. The molecule has 4 heteroatoms. The van der Waals surface area contributed by atoms with Crippen molar-refractivity contribution in [2.45, 2.75) is 24.5 Å². The van der Waals surface area contributed by atoms with E-state index in [1.54, 1.807) is 6.08 Å². The lowest BCUT2D eigenvalue weighted by molar-refractivity contribution is 0.470. The summed E-state index contributed by atoms with van der Waals surface area (Å²) in [7, 11) is 1.94. The van der Waals surface area contributed by atoms with Crippen molar-refractivity contribution in [1.29, 1.82) is 0 Å². The van der Waals surface area contributed by atoms with Gasteiger partial charge in [0, 0.05) is 29.8 Å². The largest absolute Gasteiger partial charge is 0.377 e. The van der Waals surface area contributed by atoms with Gasteiger partial charge in [-0.25, -0.2) is 4.39 Å². The van der Waals surface area contributed by atoms with Crippen LogP contribution in [0.1, 0.15) is 45.8 Å². The molecule has 0 bridgehead atoms. The van der Waals surface area contributed by atoms with Crippen molar-refractivity contribution in [2.24, 2.45) is 5.73 Å². The van der Waals surface area contributed by atoms with Crippen LogP contribution in [0.5, 0.6) is 0 Å². The van der Waals surface area contributed by atoms with Gasteiger partial charge in [-0.1, -0.05) is 67.3 Å². The number of hydrogen-bond acceptors (Lipinski definition) is 3. The maximum atomic E-state index is 14.2. The summed E-state index contributed by atoms with van der Waals surface area (Å²) in [5.74, 6) is -0.294. The van der Waals surface area contributed by atoms with Gasteiger partial charge in [0.25, 0.3) is 0 Å². The quantitative estimate of drug-likeness (QED) is 0.568. The third-order valence-electron chi connectivity index (χ3n) is 5.69. The molecule has 1 aliphatic heterocycles. The van der Waals surface area contributed by atoms with E-state index in [2.05, 4.69) is 53.6 Å². The molecule has 0 amide bonds. The first-order valence-electron chi connectivity index (χ1n) is 9.88. The highest BCUT2D eigenvalue weighted by atomic mass is 19.1. The lowest BCUT2D eigenvalue weighted by Crippen LogP contribution is -2.35. The van der Waals surface area contributed by atoms with Crippen molar-refractivity contribution in [3.05, 3.63) is 107 Å². The van der Waals surface area contributed by atoms with E-state index in [9.17, 15) is 4.39 Å². The van der Waals surface area contributed by atoms with Gasteiger partial charge in [0.2, 0.25) is 0 Å². The Bertz CT molecular complexity index is 999. The van der Waals surface area contributed by atoms with Crippen LogP contribution >= 0.6 is 0 Å². The van der Waals surface area contributed by atoms with Crippen LogP contribution in [-0.2, 0) is 6.54 Å². The number of halogens is 1. The summed E-state index contributed by atoms with van der Waals surface area (Å²) < 4.78 is 14.2. The minimum absolute atomic E-state index is 0.00213. The number of hydrogen-bond donors (Lipinski definition) is 3. The smallest absolute Gasteiger partial charge is 0.125 e. The average Bonchev–Trinajstić information content (AvgIpc) is 2.74. The van der Waals surface area contributed by atoms with Crippen LogP contribution in [0.25, 0.3) is 6.08 Å². The average molecular weight is 388 g/mol. The minimum Gasteiger partial charge on any atom is -0.377 e. The first-order valence-corrected chi connectivity index (χ1v) is 9.88. The van der Waals surface area contributed by atoms with E-state index < -0.39 is 0 Å². The SMILES string of the molecule is C=Cc1cc(F)cc2c1C(N)C(c1ccc(CNC)cc1)C(c1ccccc1)N2. The van der Waals surface area contributed by atoms with Crippen LogP contribution in [0.2, 0.25) is 0 Å². The van der Waals surface area contributed by atoms with Crippen LogP contribution < -0.4 is 16.4 Å². The Morgan fingerprint density at radius 3 is 2.45 bits per heavy atom. The second-order valence-electron chi connectivity index (χ2n) is 7.52. The van der Waals surface area contributed by atoms with Crippen molar-refractivity contribution in [2.75, 3.05) is 12.4 Å². The predicted octanol–water partition coefficient (Wildman–Crippen LogP) is 5.14. The molecule has 0 saturated heterocycles. The lowest BCUT2D eigenvalue weighted by Gasteiger charge is -2.40. The molecule has 0 radical (unpaired) electrons. The fourth-order valence-corrected chi connectivity index (χ4v) is 4.36. The second-order valence-corrected chi connectivity index (χ2v) is 7.52. The van der Waals surface area contributed by atoms with Crippen LogP contribution in [-0.4, -0.2) is 7.05 Å². The molecule has 3 nitrogen and oxygen atoms in total. The molecule has 3 aromatic rings. The van der Waals surface area contributed by atoms with Gasteiger partial charge < -0.3 is 16.4 Å². The Morgan fingerprint density at radius 1 is 1.07 bits per heavy atom. The van der Waals surface area contributed by atoms with Crippen molar-refractivity contribution in [1.82, 2.24) is 5.32 Å². The fourth-order valence-electron chi connectivity index (χ4n) is 4.36. The predicted molar refractivity (Wildman–Crippen MR) is 118 cm³/mol. The summed E-state index contributed by atoms with van der Waals surface area (Å²) in [6.07, 6.45) is 1.68. The van der Waals surface area contributed by atoms with E-state index >= 15 is 0 Å². The molecule has 3 unspecified atom stereocenters. The van der Waals surface area contributed by atoms with E-state index in [4.69, 9.17) is 5.73 Å². The van der Waals surface area contributed by atoms with Gasteiger partial charge in [-0.15, -0.1) is 0 Å². The first-order chi connectivity index (χ1) is 14.1. The van der Waals surface area contributed by atoms with Crippen molar-refractivity contribution < 1.29 is 4.39 Å². The standard InChI is InChI=1S/C25H26FN3/c1-3-17-13-20(26)14-21-22(17)24(27)23(18-11-9-16(10-12-18)15-28-2)25(29-21)19-7-5-4-6-8-19/h3-14,23-25,28-29H,1,15,27H2,2H3. The number of fused-ring (bicyclic) bond motifs is 1. The van der Waals surface area contributed by atoms with Crippen molar-refractivity contribution in [3.63, 3.8) is 0 Å². The summed E-state index contributed by atoms with van der Waals surface area (Å²) >= 11 is 0. The van der Waals surface area contributed by atoms with E-state index in [-0.39, 0.29) is 23.8 Å². The molecule has 3 aromatic carbocycles. The number of rotatable bonds is 5. The molecule has 4 rings (SSSR count). The van der Waals surface area contributed by atoms with Gasteiger partial charge in [-0.2, -0.15) is 0 Å². The Kier molecular flexibility index (Phi) is 5.47. The number of nitrogens with one attached hydrogen (secondary N) is 2. The van der Waals surface area contributed by atoms with E-state index in [0.29, 0.717) is 0 Å². The van der Waals surface area contributed by atoms with Crippen LogP contribution in [0.4, 0.5) is 10.1 Å². The van der Waals surface area contributed by atoms with E-state index in [1.165, 1.54) is 17.7 Å². The third-order valence-corrected chi connectivity index (χ3v) is 5.69. The summed E-state index contributed by atoms with van der Waals surface area (Å²) in [6.45, 7) is 4.68. The third kappa shape index (κ3) is 3.69. The normalized spacial score (nSPS) is 20.6. The molecule has 3 atom stereocenters. The highest BCUT2D eigenvalue weighted by Gasteiger charge is 2.37. The zero-order valence-electron chi connectivity index (χ0n) is 16.5. The van der Waals surface area contributed by atoms with Gasteiger partial charge in [-0.05, 0) is 41.4 Å². The van der Waals surface area contributed by atoms with E-state index in [1.807, 2.05) is 25.2 Å². The Morgan fingerprint density at radius 2 is 1.79 bits per heavy atom. The highest BCUT2D eigenvalue weighted by Crippen LogP contribution is 2.49. The molecule has 148 valence electrons. The fraction of sp³-hybridized carbons (Fsp3) is 0.200. The highest BCUT2D eigenvalue weighted by molar-refractivity contribution is 5.68. The Balaban J connectivity index is 1.84. The molecule has 29 heavy (non-hydrogen) atoms. The lowest BCUT2D eigenvalue weighted by atomic mass is 9.75. The maximum absolute atomic E-state index is 14.2.